The normalized spacial score (nSPS) is 30.2. The molecule has 0 bridgehead atoms. The summed E-state index contributed by atoms with van der Waals surface area (Å²) in [6.07, 6.45) is 0.451. The summed E-state index contributed by atoms with van der Waals surface area (Å²) in [5, 5.41) is 47.2. The van der Waals surface area contributed by atoms with E-state index in [2.05, 4.69) is 33.9 Å². The van der Waals surface area contributed by atoms with Crippen molar-refractivity contribution in [3.8, 4) is 23.7 Å². The molecule has 0 spiro atoms. The largest absolute Gasteiger partial charge is 0.394 e. The standard InChI is InChI=1S/C23H27N3O5/c24-23(7-2-1-3-8-23)9-6-14-10-15(19-16(11-14)12-25-26-19)4-5-17-20(28)22(30)21(29)18(13-27)31-17/h10-12,17-18,20-22,27-30H,1-3,7-8,13,24H2,(H,25,26)/t17-,18-,20-,21-,22-/m1/s1. The fourth-order valence-corrected chi connectivity index (χ4v) is 4.10. The number of aliphatic hydroxyl groups excluding tert-OH is 4. The number of hydrogen-bond acceptors (Lipinski definition) is 7. The molecule has 164 valence electrons. The maximum absolute atomic E-state index is 10.2. The molecule has 2 fully saturated rings. The Bertz CT molecular complexity index is 1050. The molecule has 1 saturated heterocycles. The number of rotatable bonds is 1. The first-order valence-corrected chi connectivity index (χ1v) is 10.5. The van der Waals surface area contributed by atoms with Crippen molar-refractivity contribution in [3.05, 3.63) is 29.5 Å². The summed E-state index contributed by atoms with van der Waals surface area (Å²) in [5.41, 5.74) is 8.03. The zero-order chi connectivity index (χ0) is 22.0. The predicted molar refractivity (Wildman–Crippen MR) is 114 cm³/mol. The first-order chi connectivity index (χ1) is 14.9. The molecule has 1 saturated carbocycles. The van der Waals surface area contributed by atoms with Crippen LogP contribution < -0.4 is 5.73 Å². The third kappa shape index (κ3) is 4.60. The van der Waals surface area contributed by atoms with Crippen LogP contribution in [0.4, 0.5) is 0 Å². The third-order valence-corrected chi connectivity index (χ3v) is 5.99. The molecule has 1 aromatic carbocycles. The molecule has 2 aliphatic rings. The lowest BCUT2D eigenvalue weighted by Gasteiger charge is -2.37. The van der Waals surface area contributed by atoms with Gasteiger partial charge in [0.15, 0.2) is 0 Å². The molecule has 5 atom stereocenters. The third-order valence-electron chi connectivity index (χ3n) is 5.99. The highest BCUT2D eigenvalue weighted by Crippen LogP contribution is 2.26. The van der Waals surface area contributed by atoms with Gasteiger partial charge in [0.1, 0.15) is 30.5 Å². The molecule has 8 nitrogen and oxygen atoms in total. The van der Waals surface area contributed by atoms with Gasteiger partial charge in [-0.2, -0.15) is 5.10 Å². The topological polar surface area (TPSA) is 145 Å². The summed E-state index contributed by atoms with van der Waals surface area (Å²) in [4.78, 5) is 0. The van der Waals surface area contributed by atoms with E-state index in [1.54, 1.807) is 6.20 Å². The van der Waals surface area contributed by atoms with Crippen LogP contribution in [0, 0.1) is 23.7 Å². The van der Waals surface area contributed by atoms with Crippen LogP contribution in [-0.2, 0) is 4.74 Å². The summed E-state index contributed by atoms with van der Waals surface area (Å²) in [5.74, 6) is 12.2. The first kappa shape index (κ1) is 21.8. The van der Waals surface area contributed by atoms with Crippen molar-refractivity contribution in [1.29, 1.82) is 0 Å². The van der Waals surface area contributed by atoms with E-state index < -0.39 is 42.7 Å². The number of aromatic nitrogens is 2. The van der Waals surface area contributed by atoms with Crippen LogP contribution >= 0.6 is 0 Å². The Balaban J connectivity index is 1.64. The highest BCUT2D eigenvalue weighted by Gasteiger charge is 2.42. The average Bonchev–Trinajstić information content (AvgIpc) is 3.25. The van der Waals surface area contributed by atoms with Gasteiger partial charge in [-0.1, -0.05) is 42.9 Å². The number of ether oxygens (including phenoxy) is 1. The lowest BCUT2D eigenvalue weighted by molar-refractivity contribution is -0.214. The van der Waals surface area contributed by atoms with Crippen molar-refractivity contribution in [2.45, 2.75) is 68.2 Å². The van der Waals surface area contributed by atoms with E-state index in [9.17, 15) is 20.4 Å². The lowest BCUT2D eigenvalue weighted by Crippen LogP contribution is -2.58. The van der Waals surface area contributed by atoms with Gasteiger partial charge in [-0.3, -0.25) is 5.10 Å². The minimum Gasteiger partial charge on any atom is -0.394 e. The van der Waals surface area contributed by atoms with E-state index in [1.165, 1.54) is 6.42 Å². The molecule has 8 heteroatoms. The van der Waals surface area contributed by atoms with E-state index >= 15 is 0 Å². The van der Waals surface area contributed by atoms with Gasteiger partial charge in [0.05, 0.1) is 29.4 Å². The van der Waals surface area contributed by atoms with Gasteiger partial charge in [-0.05, 0) is 25.0 Å². The number of nitrogens with zero attached hydrogens (tertiary/aromatic N) is 1. The van der Waals surface area contributed by atoms with Gasteiger partial charge in [0.25, 0.3) is 0 Å². The lowest BCUT2D eigenvalue weighted by atomic mass is 9.83. The molecule has 1 aliphatic heterocycles. The van der Waals surface area contributed by atoms with E-state index in [0.29, 0.717) is 11.1 Å². The molecule has 31 heavy (non-hydrogen) atoms. The fourth-order valence-electron chi connectivity index (χ4n) is 4.10. The molecule has 0 radical (unpaired) electrons. The molecule has 0 unspecified atom stereocenters. The number of aliphatic hydroxyl groups is 4. The summed E-state index contributed by atoms with van der Waals surface area (Å²) in [6.45, 7) is -0.500. The van der Waals surface area contributed by atoms with Crippen molar-refractivity contribution in [2.24, 2.45) is 5.73 Å². The Hall–Kier alpha value is -2.43. The molecule has 0 amide bonds. The number of benzene rings is 1. The van der Waals surface area contributed by atoms with Gasteiger partial charge in [0.2, 0.25) is 0 Å². The van der Waals surface area contributed by atoms with Gasteiger partial charge >= 0.3 is 0 Å². The minimum absolute atomic E-state index is 0.466. The van der Waals surface area contributed by atoms with Gasteiger partial charge in [0, 0.05) is 10.9 Å². The highest BCUT2D eigenvalue weighted by molar-refractivity contribution is 5.85. The van der Waals surface area contributed by atoms with Crippen molar-refractivity contribution < 1.29 is 25.2 Å². The predicted octanol–water partition coefficient (Wildman–Crippen LogP) is -0.230. The van der Waals surface area contributed by atoms with Crippen LogP contribution in [0.3, 0.4) is 0 Å². The smallest absolute Gasteiger partial charge is 0.147 e. The maximum atomic E-state index is 10.2. The molecule has 4 rings (SSSR count). The quantitative estimate of drug-likeness (QED) is 0.346. The Kier molecular flexibility index (Phi) is 6.31. The van der Waals surface area contributed by atoms with Crippen LogP contribution in [0.1, 0.15) is 43.2 Å². The summed E-state index contributed by atoms with van der Waals surface area (Å²) in [6, 6.07) is 3.73. The zero-order valence-electron chi connectivity index (χ0n) is 17.1. The van der Waals surface area contributed by atoms with Crippen LogP contribution in [-0.4, -0.2) is 73.3 Å². The van der Waals surface area contributed by atoms with Gasteiger partial charge < -0.3 is 30.9 Å². The van der Waals surface area contributed by atoms with Gasteiger partial charge in [-0.25, -0.2) is 0 Å². The van der Waals surface area contributed by atoms with E-state index in [1.807, 2.05) is 12.1 Å². The Morgan fingerprint density at radius 1 is 1.10 bits per heavy atom. The monoisotopic (exact) mass is 425 g/mol. The molecule has 1 aromatic heterocycles. The van der Waals surface area contributed by atoms with E-state index in [0.717, 1.165) is 36.6 Å². The maximum Gasteiger partial charge on any atom is 0.147 e. The molecular weight excluding hydrogens is 398 g/mol. The highest BCUT2D eigenvalue weighted by atomic mass is 16.5. The van der Waals surface area contributed by atoms with Crippen LogP contribution in [0.25, 0.3) is 10.9 Å². The van der Waals surface area contributed by atoms with Crippen molar-refractivity contribution in [1.82, 2.24) is 10.2 Å². The van der Waals surface area contributed by atoms with E-state index in [-0.39, 0.29) is 0 Å². The Morgan fingerprint density at radius 3 is 2.61 bits per heavy atom. The number of nitrogens with one attached hydrogen (secondary N) is 1. The molecular formula is C23H27N3O5. The van der Waals surface area contributed by atoms with Crippen LogP contribution in [0.15, 0.2) is 18.3 Å². The molecule has 2 heterocycles. The number of H-pyrrole nitrogens is 1. The molecule has 1 aliphatic carbocycles. The number of nitrogens with two attached hydrogens (primary N) is 1. The van der Waals surface area contributed by atoms with Crippen molar-refractivity contribution in [2.75, 3.05) is 6.61 Å². The second-order valence-corrected chi connectivity index (χ2v) is 8.34. The number of hydrogen-bond donors (Lipinski definition) is 6. The van der Waals surface area contributed by atoms with Gasteiger partial charge in [-0.15, -0.1) is 0 Å². The second-order valence-electron chi connectivity index (χ2n) is 8.34. The Morgan fingerprint density at radius 2 is 1.87 bits per heavy atom. The van der Waals surface area contributed by atoms with Crippen LogP contribution in [0.5, 0.6) is 0 Å². The summed E-state index contributed by atoms with van der Waals surface area (Å²) < 4.78 is 5.46. The Labute approximate surface area is 180 Å². The minimum atomic E-state index is -1.47. The fraction of sp³-hybridized carbons (Fsp3) is 0.522. The second kappa shape index (κ2) is 8.97. The molecule has 7 N–H and O–H groups in total. The first-order valence-electron chi connectivity index (χ1n) is 10.5. The van der Waals surface area contributed by atoms with Crippen molar-refractivity contribution in [3.63, 3.8) is 0 Å². The van der Waals surface area contributed by atoms with Crippen LogP contribution in [0.2, 0.25) is 0 Å². The van der Waals surface area contributed by atoms with E-state index in [4.69, 9.17) is 10.5 Å². The SMILES string of the molecule is NC1(C#Cc2cc(C#C[C@H]3O[C@H](CO)[C@@H](O)[C@H](O)[C@@H]3O)c3[nH]ncc3c2)CCCCC1. The molecule has 2 aromatic rings. The van der Waals surface area contributed by atoms with Crippen molar-refractivity contribution >= 4 is 10.9 Å². The number of fused-ring (bicyclic) bond motifs is 1. The zero-order valence-corrected chi connectivity index (χ0v) is 17.1. The summed E-state index contributed by atoms with van der Waals surface area (Å²) in [7, 11) is 0. The summed E-state index contributed by atoms with van der Waals surface area (Å²) >= 11 is 0. The number of aromatic amines is 1. The average molecular weight is 425 g/mol.